The Morgan fingerprint density at radius 3 is 2.35 bits per heavy atom. The number of aromatic nitrogens is 1. The fraction of sp³-hybridized carbons (Fsp3) is 0.368. The van der Waals surface area contributed by atoms with Gasteiger partial charge in [-0.1, -0.05) is 25.5 Å². The number of aryl methyl sites for hydroxylation is 1. The van der Waals surface area contributed by atoms with E-state index in [0.29, 0.717) is 36.6 Å². The van der Waals surface area contributed by atoms with Gasteiger partial charge >= 0.3 is 0 Å². The summed E-state index contributed by atoms with van der Waals surface area (Å²) in [6, 6.07) is 10.5. The van der Waals surface area contributed by atoms with E-state index in [1.54, 1.807) is 35.4 Å². The maximum absolute atomic E-state index is 12.8. The first kappa shape index (κ1) is 18.5. The minimum atomic E-state index is -3.52. The van der Waals surface area contributed by atoms with Crippen LogP contribution in [0.25, 0.3) is 0 Å². The summed E-state index contributed by atoms with van der Waals surface area (Å²) in [4.78, 5) is 18.4. The predicted molar refractivity (Wildman–Crippen MR) is 99.3 cm³/mol. The monoisotopic (exact) mass is 373 g/mol. The van der Waals surface area contributed by atoms with Crippen molar-refractivity contribution >= 4 is 15.9 Å². The van der Waals surface area contributed by atoms with Crippen LogP contribution in [-0.4, -0.2) is 54.7 Å². The molecule has 1 aliphatic rings. The quantitative estimate of drug-likeness (QED) is 0.805. The SMILES string of the molecule is CCCc1ccc(S(=O)(=O)N2CCN(C(=O)c3cccnc3)CC2)cc1. The maximum atomic E-state index is 12.8. The largest absolute Gasteiger partial charge is 0.336 e. The molecule has 1 saturated heterocycles. The smallest absolute Gasteiger partial charge is 0.255 e. The number of carbonyl (C=O) groups is 1. The predicted octanol–water partition coefficient (Wildman–Crippen LogP) is 2.18. The Labute approximate surface area is 154 Å². The van der Waals surface area contributed by atoms with E-state index in [1.807, 2.05) is 12.1 Å². The summed E-state index contributed by atoms with van der Waals surface area (Å²) >= 11 is 0. The summed E-state index contributed by atoms with van der Waals surface area (Å²) < 4.78 is 27.1. The van der Waals surface area contributed by atoms with Crippen LogP contribution in [0.3, 0.4) is 0 Å². The molecule has 0 radical (unpaired) electrons. The fourth-order valence-corrected chi connectivity index (χ4v) is 4.49. The molecular weight excluding hydrogens is 350 g/mol. The summed E-state index contributed by atoms with van der Waals surface area (Å²) in [7, 11) is -3.52. The van der Waals surface area contributed by atoms with Gasteiger partial charge in [-0.25, -0.2) is 8.42 Å². The summed E-state index contributed by atoms with van der Waals surface area (Å²) in [5.74, 6) is -0.112. The highest BCUT2D eigenvalue weighted by atomic mass is 32.2. The lowest BCUT2D eigenvalue weighted by molar-refractivity contribution is 0.0697. The van der Waals surface area contributed by atoms with Crippen LogP contribution in [0.4, 0.5) is 0 Å². The lowest BCUT2D eigenvalue weighted by Crippen LogP contribution is -2.50. The molecule has 1 aromatic heterocycles. The molecule has 0 spiro atoms. The summed E-state index contributed by atoms with van der Waals surface area (Å²) in [6.45, 7) is 3.44. The zero-order valence-corrected chi connectivity index (χ0v) is 15.7. The zero-order valence-electron chi connectivity index (χ0n) is 14.8. The van der Waals surface area contributed by atoms with Crippen LogP contribution < -0.4 is 0 Å². The van der Waals surface area contributed by atoms with E-state index in [9.17, 15) is 13.2 Å². The van der Waals surface area contributed by atoms with Crippen LogP contribution in [0.15, 0.2) is 53.7 Å². The summed E-state index contributed by atoms with van der Waals surface area (Å²) in [5, 5.41) is 0. The molecule has 0 saturated carbocycles. The van der Waals surface area contributed by atoms with Gasteiger partial charge < -0.3 is 4.90 Å². The molecule has 2 aromatic rings. The highest BCUT2D eigenvalue weighted by Gasteiger charge is 2.30. The van der Waals surface area contributed by atoms with E-state index in [1.165, 1.54) is 10.5 Å². The Bertz CT molecular complexity index is 843. The number of piperazine rings is 1. The van der Waals surface area contributed by atoms with Gasteiger partial charge in [0.05, 0.1) is 10.5 Å². The molecule has 0 bridgehead atoms. The molecule has 0 atom stereocenters. The lowest BCUT2D eigenvalue weighted by Gasteiger charge is -2.34. The number of rotatable bonds is 5. The third-order valence-corrected chi connectivity index (χ3v) is 6.45. The van der Waals surface area contributed by atoms with Gasteiger partial charge in [0, 0.05) is 38.6 Å². The van der Waals surface area contributed by atoms with E-state index >= 15 is 0 Å². The molecular formula is C19H23N3O3S. The number of sulfonamides is 1. The third kappa shape index (κ3) is 3.94. The Hall–Kier alpha value is -2.25. The van der Waals surface area contributed by atoms with Crippen molar-refractivity contribution in [2.45, 2.75) is 24.7 Å². The first-order valence-corrected chi connectivity index (χ1v) is 10.2. The van der Waals surface area contributed by atoms with Crippen molar-refractivity contribution in [2.75, 3.05) is 26.2 Å². The Kier molecular flexibility index (Phi) is 5.68. The summed E-state index contributed by atoms with van der Waals surface area (Å²) in [6.07, 6.45) is 5.12. The minimum Gasteiger partial charge on any atom is -0.336 e. The zero-order chi connectivity index (χ0) is 18.6. The number of nitrogens with zero attached hydrogens (tertiary/aromatic N) is 3. The van der Waals surface area contributed by atoms with Crippen molar-refractivity contribution in [2.24, 2.45) is 0 Å². The normalized spacial score (nSPS) is 15.8. The number of benzene rings is 1. The van der Waals surface area contributed by atoms with Gasteiger partial charge in [0.25, 0.3) is 5.91 Å². The van der Waals surface area contributed by atoms with E-state index in [2.05, 4.69) is 11.9 Å². The first-order chi connectivity index (χ1) is 12.5. The minimum absolute atomic E-state index is 0.112. The van der Waals surface area contributed by atoms with Crippen LogP contribution in [0.5, 0.6) is 0 Å². The van der Waals surface area contributed by atoms with Crippen LogP contribution >= 0.6 is 0 Å². The van der Waals surface area contributed by atoms with E-state index in [0.717, 1.165) is 18.4 Å². The average Bonchev–Trinajstić information content (AvgIpc) is 2.69. The molecule has 1 aliphatic heterocycles. The topological polar surface area (TPSA) is 70.6 Å². The highest BCUT2D eigenvalue weighted by molar-refractivity contribution is 7.89. The van der Waals surface area contributed by atoms with Crippen molar-refractivity contribution in [3.05, 3.63) is 59.9 Å². The van der Waals surface area contributed by atoms with Gasteiger partial charge in [0.15, 0.2) is 0 Å². The first-order valence-electron chi connectivity index (χ1n) is 8.81. The molecule has 7 heteroatoms. The van der Waals surface area contributed by atoms with Crippen LogP contribution in [-0.2, 0) is 16.4 Å². The Morgan fingerprint density at radius 1 is 1.08 bits per heavy atom. The summed E-state index contributed by atoms with van der Waals surface area (Å²) in [5.41, 5.74) is 1.66. The molecule has 1 amide bonds. The Morgan fingerprint density at radius 2 is 1.77 bits per heavy atom. The second-order valence-electron chi connectivity index (χ2n) is 6.33. The van der Waals surface area contributed by atoms with E-state index < -0.39 is 10.0 Å². The molecule has 26 heavy (non-hydrogen) atoms. The second-order valence-corrected chi connectivity index (χ2v) is 8.27. The van der Waals surface area contributed by atoms with Gasteiger partial charge in [-0.3, -0.25) is 9.78 Å². The molecule has 2 heterocycles. The number of hydrogen-bond donors (Lipinski definition) is 0. The van der Waals surface area contributed by atoms with Crippen molar-refractivity contribution in [3.63, 3.8) is 0 Å². The highest BCUT2D eigenvalue weighted by Crippen LogP contribution is 2.19. The fourth-order valence-electron chi connectivity index (χ4n) is 3.07. The number of hydrogen-bond acceptors (Lipinski definition) is 4. The molecule has 0 aliphatic carbocycles. The molecule has 0 N–H and O–H groups in total. The van der Waals surface area contributed by atoms with Gasteiger partial charge in [0.2, 0.25) is 10.0 Å². The van der Waals surface area contributed by atoms with Gasteiger partial charge in [-0.15, -0.1) is 0 Å². The molecule has 1 aromatic carbocycles. The lowest BCUT2D eigenvalue weighted by atomic mass is 10.1. The van der Waals surface area contributed by atoms with Gasteiger partial charge in [0.1, 0.15) is 0 Å². The van der Waals surface area contributed by atoms with Gasteiger partial charge in [-0.2, -0.15) is 4.31 Å². The standard InChI is InChI=1S/C19H23N3O3S/c1-2-4-16-6-8-18(9-7-16)26(24,25)22-13-11-21(12-14-22)19(23)17-5-3-10-20-15-17/h3,5-10,15H,2,4,11-14H2,1H3. The Balaban J connectivity index is 1.66. The molecule has 3 rings (SSSR count). The van der Waals surface area contributed by atoms with Crippen molar-refractivity contribution in [3.8, 4) is 0 Å². The van der Waals surface area contributed by atoms with Crippen LogP contribution in [0, 0.1) is 0 Å². The van der Waals surface area contributed by atoms with E-state index in [4.69, 9.17) is 0 Å². The van der Waals surface area contributed by atoms with Crippen LogP contribution in [0.1, 0.15) is 29.3 Å². The van der Waals surface area contributed by atoms with Crippen LogP contribution in [0.2, 0.25) is 0 Å². The van der Waals surface area contributed by atoms with Crippen molar-refractivity contribution in [1.29, 1.82) is 0 Å². The molecule has 0 unspecified atom stereocenters. The number of carbonyl (C=O) groups excluding carboxylic acids is 1. The third-order valence-electron chi connectivity index (χ3n) is 4.53. The molecule has 1 fully saturated rings. The second kappa shape index (κ2) is 7.97. The van der Waals surface area contributed by atoms with Crippen molar-refractivity contribution < 1.29 is 13.2 Å². The van der Waals surface area contributed by atoms with Gasteiger partial charge in [-0.05, 0) is 36.2 Å². The van der Waals surface area contributed by atoms with Crippen molar-refractivity contribution in [1.82, 2.24) is 14.2 Å². The average molecular weight is 373 g/mol. The number of amides is 1. The number of pyridine rings is 1. The maximum Gasteiger partial charge on any atom is 0.255 e. The van der Waals surface area contributed by atoms with E-state index in [-0.39, 0.29) is 5.91 Å². The molecule has 6 nitrogen and oxygen atoms in total. The molecule has 138 valence electrons.